The Balaban J connectivity index is 1.62. The van der Waals surface area contributed by atoms with E-state index in [4.69, 9.17) is 27.5 Å². The summed E-state index contributed by atoms with van der Waals surface area (Å²) >= 11 is 8.23. The highest BCUT2D eigenvalue weighted by Gasteiger charge is 2.12. The first kappa shape index (κ1) is 22.5. The van der Waals surface area contributed by atoms with Gasteiger partial charge < -0.3 is 9.47 Å². The largest absolute Gasteiger partial charge is 0.493 e. The number of hydrogen-bond donors (Lipinski definition) is 1. The number of hydrogen-bond acceptors (Lipinski definition) is 7. The zero-order valence-corrected chi connectivity index (χ0v) is 19.2. The molecule has 1 heterocycles. The van der Waals surface area contributed by atoms with Crippen molar-refractivity contribution in [2.75, 3.05) is 13.7 Å². The first-order valence-electron chi connectivity index (χ1n) is 8.80. The van der Waals surface area contributed by atoms with E-state index in [0.29, 0.717) is 33.5 Å². The Hall–Kier alpha value is -3.17. The predicted octanol–water partition coefficient (Wildman–Crippen LogP) is 2.77. The fraction of sp³-hybridized carbons (Fsp3) is 0.150. The van der Waals surface area contributed by atoms with Gasteiger partial charge in [-0.05, 0) is 57.6 Å². The first-order valence-corrected chi connectivity index (χ1v) is 10.3. The number of nitrogens with one attached hydrogen (secondary N) is 1. The number of carbonyl (C=O) groups is 1. The number of carbonyl (C=O) groups excluding carboxylic acids is 1. The SMILES string of the molecule is C#CCOc1c(I)cc(C=NNC(=O)Cn2nnc(-c3ccccc3Cl)n2)cc1OC. The van der Waals surface area contributed by atoms with E-state index in [1.165, 1.54) is 13.3 Å². The highest BCUT2D eigenvalue weighted by atomic mass is 127. The molecule has 0 aliphatic carbocycles. The average Bonchev–Trinajstić information content (AvgIpc) is 3.21. The fourth-order valence-corrected chi connectivity index (χ4v) is 3.47. The van der Waals surface area contributed by atoms with Crippen LogP contribution in [0.1, 0.15) is 5.56 Å². The van der Waals surface area contributed by atoms with Gasteiger partial charge in [0.25, 0.3) is 5.91 Å². The fourth-order valence-electron chi connectivity index (χ4n) is 2.47. The molecule has 0 fully saturated rings. The van der Waals surface area contributed by atoms with Gasteiger partial charge in [-0.25, -0.2) is 5.43 Å². The smallest absolute Gasteiger partial charge is 0.263 e. The van der Waals surface area contributed by atoms with Crippen LogP contribution in [0.5, 0.6) is 11.5 Å². The van der Waals surface area contributed by atoms with Gasteiger partial charge >= 0.3 is 0 Å². The van der Waals surface area contributed by atoms with Crippen molar-refractivity contribution in [2.45, 2.75) is 6.54 Å². The standard InChI is InChI=1S/C20H16ClIN6O3/c1-3-8-31-19-16(22)9-13(10-17(19)30-2)11-23-24-18(29)12-28-26-20(25-27-28)14-6-4-5-7-15(14)21/h1,4-7,9-11H,8,12H2,2H3,(H,24,29). The van der Waals surface area contributed by atoms with Crippen molar-refractivity contribution >= 4 is 46.3 Å². The van der Waals surface area contributed by atoms with Crippen molar-refractivity contribution in [3.05, 3.63) is 50.6 Å². The number of methoxy groups -OCH3 is 1. The number of aromatic nitrogens is 4. The Bertz CT molecular complexity index is 1160. The number of nitrogens with zero attached hydrogens (tertiary/aromatic N) is 5. The summed E-state index contributed by atoms with van der Waals surface area (Å²) in [5.74, 6) is 3.38. The van der Waals surface area contributed by atoms with Crippen LogP contribution in [0.25, 0.3) is 11.4 Å². The Labute approximate surface area is 196 Å². The molecule has 158 valence electrons. The maximum atomic E-state index is 12.1. The van der Waals surface area contributed by atoms with Crippen molar-refractivity contribution < 1.29 is 14.3 Å². The van der Waals surface area contributed by atoms with E-state index in [-0.39, 0.29) is 13.2 Å². The summed E-state index contributed by atoms with van der Waals surface area (Å²) in [6.45, 7) is -0.0289. The van der Waals surface area contributed by atoms with Gasteiger partial charge in [0, 0.05) is 5.56 Å². The van der Waals surface area contributed by atoms with Gasteiger partial charge in [0.2, 0.25) is 5.82 Å². The summed E-state index contributed by atoms with van der Waals surface area (Å²) in [6.07, 6.45) is 6.72. The van der Waals surface area contributed by atoms with Crippen LogP contribution in [0.4, 0.5) is 0 Å². The zero-order valence-electron chi connectivity index (χ0n) is 16.2. The molecule has 3 aromatic rings. The summed E-state index contributed by atoms with van der Waals surface area (Å²) in [4.78, 5) is 13.3. The average molecular weight is 551 g/mol. The van der Waals surface area contributed by atoms with Gasteiger partial charge in [0.15, 0.2) is 11.5 Å². The molecule has 1 amide bonds. The molecule has 0 saturated heterocycles. The number of ether oxygens (including phenoxy) is 2. The van der Waals surface area contributed by atoms with Gasteiger partial charge in [0.05, 0.1) is 21.9 Å². The molecule has 0 aliphatic rings. The minimum atomic E-state index is -0.421. The Morgan fingerprint density at radius 2 is 2.23 bits per heavy atom. The molecule has 0 aliphatic heterocycles. The second kappa shape index (κ2) is 10.7. The van der Waals surface area contributed by atoms with Crippen molar-refractivity contribution in [3.63, 3.8) is 0 Å². The second-order valence-electron chi connectivity index (χ2n) is 5.94. The third kappa shape index (κ3) is 5.93. The molecule has 0 radical (unpaired) electrons. The Kier molecular flexibility index (Phi) is 7.80. The molecule has 0 atom stereocenters. The third-order valence-electron chi connectivity index (χ3n) is 3.81. The molecule has 0 bridgehead atoms. The lowest BCUT2D eigenvalue weighted by Crippen LogP contribution is -2.24. The molecule has 0 spiro atoms. The van der Waals surface area contributed by atoms with Crippen molar-refractivity contribution in [1.29, 1.82) is 0 Å². The number of rotatable bonds is 8. The zero-order chi connectivity index (χ0) is 22.2. The van der Waals surface area contributed by atoms with Crippen molar-refractivity contribution in [2.24, 2.45) is 5.10 Å². The maximum absolute atomic E-state index is 12.1. The monoisotopic (exact) mass is 550 g/mol. The maximum Gasteiger partial charge on any atom is 0.263 e. The van der Waals surface area contributed by atoms with Crippen LogP contribution in [0.3, 0.4) is 0 Å². The lowest BCUT2D eigenvalue weighted by molar-refractivity contribution is -0.122. The molecular weight excluding hydrogens is 535 g/mol. The first-order chi connectivity index (χ1) is 15.0. The lowest BCUT2D eigenvalue weighted by atomic mass is 10.2. The molecule has 9 nitrogen and oxygen atoms in total. The molecule has 1 N–H and O–H groups in total. The summed E-state index contributed by atoms with van der Waals surface area (Å²) < 4.78 is 11.6. The van der Waals surface area contributed by atoms with Crippen LogP contribution in [0.2, 0.25) is 5.02 Å². The molecule has 31 heavy (non-hydrogen) atoms. The number of amides is 1. The van der Waals surface area contributed by atoms with E-state index in [9.17, 15) is 4.79 Å². The van der Waals surface area contributed by atoms with Crippen LogP contribution in [0, 0.1) is 15.9 Å². The molecular formula is C20H16ClIN6O3. The Morgan fingerprint density at radius 3 is 2.97 bits per heavy atom. The van der Waals surface area contributed by atoms with E-state index < -0.39 is 5.91 Å². The van der Waals surface area contributed by atoms with E-state index in [0.717, 1.165) is 8.37 Å². The van der Waals surface area contributed by atoms with Crippen LogP contribution >= 0.6 is 34.2 Å². The van der Waals surface area contributed by atoms with Crippen LogP contribution in [0.15, 0.2) is 41.5 Å². The van der Waals surface area contributed by atoms with E-state index in [2.05, 4.69) is 54.4 Å². The molecule has 0 saturated carbocycles. The third-order valence-corrected chi connectivity index (χ3v) is 4.94. The molecule has 11 heteroatoms. The van der Waals surface area contributed by atoms with Gasteiger partial charge in [0.1, 0.15) is 13.2 Å². The second-order valence-corrected chi connectivity index (χ2v) is 7.51. The quantitative estimate of drug-likeness (QED) is 0.200. The highest BCUT2D eigenvalue weighted by molar-refractivity contribution is 14.1. The molecule has 2 aromatic carbocycles. The molecule has 1 aromatic heterocycles. The van der Waals surface area contributed by atoms with E-state index in [1.807, 2.05) is 12.1 Å². The van der Waals surface area contributed by atoms with Crippen molar-refractivity contribution in [1.82, 2.24) is 25.6 Å². The topological polar surface area (TPSA) is 104 Å². The number of benzene rings is 2. The van der Waals surface area contributed by atoms with E-state index in [1.54, 1.807) is 24.3 Å². The van der Waals surface area contributed by atoms with Crippen LogP contribution in [-0.4, -0.2) is 46.0 Å². The molecule has 0 unspecified atom stereocenters. The number of halogens is 2. The number of hydrazone groups is 1. The summed E-state index contributed by atoms with van der Waals surface area (Å²) in [5, 5.41) is 16.4. The summed E-state index contributed by atoms with van der Waals surface area (Å²) in [6, 6.07) is 10.6. The van der Waals surface area contributed by atoms with Crippen LogP contribution < -0.4 is 14.9 Å². The Morgan fingerprint density at radius 1 is 1.42 bits per heavy atom. The minimum absolute atomic E-state index is 0.129. The summed E-state index contributed by atoms with van der Waals surface area (Å²) in [7, 11) is 1.53. The summed E-state index contributed by atoms with van der Waals surface area (Å²) in [5.41, 5.74) is 3.76. The lowest BCUT2D eigenvalue weighted by Gasteiger charge is -2.11. The number of terminal acetylenes is 1. The highest BCUT2D eigenvalue weighted by Crippen LogP contribution is 2.33. The van der Waals surface area contributed by atoms with Gasteiger partial charge in [-0.3, -0.25) is 4.79 Å². The van der Waals surface area contributed by atoms with E-state index >= 15 is 0 Å². The van der Waals surface area contributed by atoms with Gasteiger partial charge in [-0.2, -0.15) is 9.90 Å². The normalized spacial score (nSPS) is 10.6. The van der Waals surface area contributed by atoms with Gasteiger partial charge in [-0.15, -0.1) is 16.6 Å². The number of tetrazole rings is 1. The van der Waals surface area contributed by atoms with Crippen molar-refractivity contribution in [3.8, 4) is 35.2 Å². The molecule has 3 rings (SSSR count). The van der Waals surface area contributed by atoms with Crippen LogP contribution in [-0.2, 0) is 11.3 Å². The van der Waals surface area contributed by atoms with Gasteiger partial charge in [-0.1, -0.05) is 29.7 Å². The predicted molar refractivity (Wildman–Crippen MR) is 124 cm³/mol. The minimum Gasteiger partial charge on any atom is -0.493 e.